The number of aromatic nitrogens is 3. The number of benzene rings is 1. The Labute approximate surface area is 98.7 Å². The molecule has 2 aromatic heterocycles. The second kappa shape index (κ2) is 3.90. The van der Waals surface area contributed by atoms with Crippen LogP contribution in [-0.2, 0) is 0 Å². The van der Waals surface area contributed by atoms with E-state index in [-0.39, 0.29) is 0 Å². The molecule has 0 saturated heterocycles. The highest BCUT2D eigenvalue weighted by molar-refractivity contribution is 5.85. The van der Waals surface area contributed by atoms with Crippen LogP contribution in [0.5, 0.6) is 0 Å². The zero-order valence-electron chi connectivity index (χ0n) is 9.44. The highest BCUT2D eigenvalue weighted by atomic mass is 15.2. The van der Waals surface area contributed by atoms with Crippen molar-refractivity contribution in [1.29, 1.82) is 0 Å². The Morgan fingerprint density at radius 2 is 2.06 bits per heavy atom. The van der Waals surface area contributed by atoms with Gasteiger partial charge in [-0.3, -0.25) is 10.1 Å². The van der Waals surface area contributed by atoms with Crippen molar-refractivity contribution in [2.24, 2.45) is 0 Å². The Kier molecular flexibility index (Phi) is 2.26. The number of nitrogens with one attached hydrogen (secondary N) is 2. The van der Waals surface area contributed by atoms with Crippen LogP contribution in [0.25, 0.3) is 22.0 Å². The minimum Gasteiger partial charge on any atom is -0.373 e. The molecular weight excluding hydrogens is 212 g/mol. The molecule has 0 aliphatic carbocycles. The first kappa shape index (κ1) is 9.84. The van der Waals surface area contributed by atoms with E-state index in [1.165, 1.54) is 0 Å². The first-order valence-corrected chi connectivity index (χ1v) is 5.45. The van der Waals surface area contributed by atoms with E-state index in [0.717, 1.165) is 27.8 Å². The maximum atomic E-state index is 4.44. The zero-order chi connectivity index (χ0) is 11.7. The fourth-order valence-electron chi connectivity index (χ4n) is 1.91. The monoisotopic (exact) mass is 224 g/mol. The van der Waals surface area contributed by atoms with Crippen molar-refractivity contribution >= 4 is 16.7 Å². The lowest BCUT2D eigenvalue weighted by Crippen LogP contribution is -1.91. The molecule has 17 heavy (non-hydrogen) atoms. The van der Waals surface area contributed by atoms with Gasteiger partial charge in [0.15, 0.2) is 0 Å². The van der Waals surface area contributed by atoms with E-state index < -0.39 is 0 Å². The molecule has 0 fully saturated rings. The first-order chi connectivity index (χ1) is 8.38. The molecule has 84 valence electrons. The Bertz CT molecular complexity index is 657. The quantitative estimate of drug-likeness (QED) is 0.703. The molecule has 4 heteroatoms. The number of hydrogen-bond donors (Lipinski definition) is 2. The Balaban J connectivity index is 2.18. The highest BCUT2D eigenvalue weighted by Crippen LogP contribution is 2.27. The van der Waals surface area contributed by atoms with E-state index in [2.05, 4.69) is 32.6 Å². The molecule has 1 aromatic carbocycles. The third-order valence-corrected chi connectivity index (χ3v) is 2.79. The molecule has 0 spiro atoms. The summed E-state index contributed by atoms with van der Waals surface area (Å²) >= 11 is 0. The molecule has 3 aromatic rings. The van der Waals surface area contributed by atoms with Crippen LogP contribution in [0.4, 0.5) is 5.82 Å². The summed E-state index contributed by atoms with van der Waals surface area (Å²) in [5.74, 6) is 0.905. The van der Waals surface area contributed by atoms with Crippen molar-refractivity contribution in [2.75, 3.05) is 12.4 Å². The van der Waals surface area contributed by atoms with Crippen molar-refractivity contribution < 1.29 is 0 Å². The van der Waals surface area contributed by atoms with Gasteiger partial charge < -0.3 is 5.32 Å². The molecule has 3 rings (SSSR count). The third-order valence-electron chi connectivity index (χ3n) is 2.79. The molecule has 2 heterocycles. The molecule has 0 atom stereocenters. The van der Waals surface area contributed by atoms with Crippen LogP contribution >= 0.6 is 0 Å². The van der Waals surface area contributed by atoms with Gasteiger partial charge in [0.05, 0.1) is 11.7 Å². The molecular formula is C13H12N4. The molecule has 2 N–H and O–H groups in total. The molecule has 0 aliphatic rings. The van der Waals surface area contributed by atoms with Gasteiger partial charge in [0.2, 0.25) is 0 Å². The van der Waals surface area contributed by atoms with Crippen LogP contribution in [0.2, 0.25) is 0 Å². The van der Waals surface area contributed by atoms with Gasteiger partial charge >= 0.3 is 0 Å². The molecule has 0 unspecified atom stereocenters. The highest BCUT2D eigenvalue weighted by Gasteiger charge is 2.07. The number of rotatable bonds is 2. The van der Waals surface area contributed by atoms with Gasteiger partial charge in [-0.15, -0.1) is 0 Å². The number of fused-ring (bicyclic) bond motifs is 1. The smallest absolute Gasteiger partial charge is 0.129 e. The van der Waals surface area contributed by atoms with Crippen LogP contribution in [0.15, 0.2) is 42.7 Å². The second-order valence-electron chi connectivity index (χ2n) is 3.83. The minimum atomic E-state index is 0.905. The van der Waals surface area contributed by atoms with E-state index in [1.54, 1.807) is 6.20 Å². The van der Waals surface area contributed by atoms with Crippen LogP contribution in [-0.4, -0.2) is 22.2 Å². The summed E-state index contributed by atoms with van der Waals surface area (Å²) in [6.45, 7) is 0. The predicted molar refractivity (Wildman–Crippen MR) is 68.9 cm³/mol. The molecule has 0 bridgehead atoms. The number of pyridine rings is 1. The molecule has 0 saturated carbocycles. The Morgan fingerprint density at radius 3 is 2.94 bits per heavy atom. The number of H-pyrrole nitrogens is 1. The standard InChI is InChI=1S/C13H12N4/c1-14-13-11(8-16-17-13)10-6-9-4-2-3-5-12(9)15-7-10/h2-8H,1H3,(H2,14,16,17). The summed E-state index contributed by atoms with van der Waals surface area (Å²) in [4.78, 5) is 4.44. The summed E-state index contributed by atoms with van der Waals surface area (Å²) < 4.78 is 0. The van der Waals surface area contributed by atoms with E-state index in [0.29, 0.717) is 0 Å². The molecule has 0 radical (unpaired) electrons. The topological polar surface area (TPSA) is 53.6 Å². The van der Waals surface area contributed by atoms with Gasteiger partial charge in [-0.2, -0.15) is 5.10 Å². The summed E-state index contributed by atoms with van der Waals surface area (Å²) in [5.41, 5.74) is 3.10. The van der Waals surface area contributed by atoms with Crippen molar-refractivity contribution in [3.63, 3.8) is 0 Å². The Hall–Kier alpha value is -2.36. The number of anilines is 1. The third kappa shape index (κ3) is 1.63. The summed E-state index contributed by atoms with van der Waals surface area (Å²) in [5, 5.41) is 11.2. The lowest BCUT2D eigenvalue weighted by atomic mass is 10.1. The SMILES string of the molecule is CNc1[nH]ncc1-c1cnc2ccccc2c1. The van der Waals surface area contributed by atoms with Gasteiger partial charge in [0.25, 0.3) is 0 Å². The zero-order valence-corrected chi connectivity index (χ0v) is 9.44. The van der Waals surface area contributed by atoms with Crippen LogP contribution in [0, 0.1) is 0 Å². The molecule has 0 aliphatic heterocycles. The van der Waals surface area contributed by atoms with Crippen LogP contribution in [0.3, 0.4) is 0 Å². The van der Waals surface area contributed by atoms with Crippen molar-refractivity contribution in [1.82, 2.24) is 15.2 Å². The van der Waals surface area contributed by atoms with E-state index >= 15 is 0 Å². The minimum absolute atomic E-state index is 0.905. The molecule has 0 amide bonds. The second-order valence-corrected chi connectivity index (χ2v) is 3.83. The van der Waals surface area contributed by atoms with Crippen LogP contribution < -0.4 is 5.32 Å². The summed E-state index contributed by atoms with van der Waals surface area (Å²) in [6, 6.07) is 10.2. The Morgan fingerprint density at radius 1 is 1.18 bits per heavy atom. The van der Waals surface area contributed by atoms with Gasteiger partial charge in [-0.25, -0.2) is 0 Å². The van der Waals surface area contributed by atoms with Gasteiger partial charge in [-0.05, 0) is 12.1 Å². The number of hydrogen-bond acceptors (Lipinski definition) is 3. The van der Waals surface area contributed by atoms with Crippen molar-refractivity contribution in [3.05, 3.63) is 42.7 Å². The number of para-hydroxylation sites is 1. The number of nitrogens with zero attached hydrogens (tertiary/aromatic N) is 2. The molecule has 4 nitrogen and oxygen atoms in total. The average Bonchev–Trinajstić information content (AvgIpc) is 2.86. The van der Waals surface area contributed by atoms with E-state index in [4.69, 9.17) is 0 Å². The van der Waals surface area contributed by atoms with Crippen molar-refractivity contribution in [2.45, 2.75) is 0 Å². The lowest BCUT2D eigenvalue weighted by molar-refractivity contribution is 1.09. The largest absolute Gasteiger partial charge is 0.373 e. The van der Waals surface area contributed by atoms with Crippen LogP contribution in [0.1, 0.15) is 0 Å². The lowest BCUT2D eigenvalue weighted by Gasteiger charge is -2.03. The number of aromatic amines is 1. The maximum Gasteiger partial charge on any atom is 0.129 e. The van der Waals surface area contributed by atoms with Gasteiger partial charge in [0.1, 0.15) is 5.82 Å². The van der Waals surface area contributed by atoms with E-state index in [9.17, 15) is 0 Å². The van der Waals surface area contributed by atoms with Gasteiger partial charge in [0, 0.05) is 29.8 Å². The van der Waals surface area contributed by atoms with Crippen molar-refractivity contribution in [3.8, 4) is 11.1 Å². The predicted octanol–water partition coefficient (Wildman–Crippen LogP) is 2.67. The summed E-state index contributed by atoms with van der Waals surface area (Å²) in [6.07, 6.45) is 3.67. The fourth-order valence-corrected chi connectivity index (χ4v) is 1.91. The first-order valence-electron chi connectivity index (χ1n) is 5.45. The van der Waals surface area contributed by atoms with Gasteiger partial charge in [-0.1, -0.05) is 18.2 Å². The summed E-state index contributed by atoms with van der Waals surface area (Å²) in [7, 11) is 1.87. The average molecular weight is 224 g/mol. The maximum absolute atomic E-state index is 4.44. The fraction of sp³-hybridized carbons (Fsp3) is 0.0769. The van der Waals surface area contributed by atoms with E-state index in [1.807, 2.05) is 31.4 Å². The normalized spacial score (nSPS) is 10.6.